The fourth-order valence-electron chi connectivity index (χ4n) is 2.64. The molecule has 1 unspecified atom stereocenters. The SMILES string of the molecule is Cc1ccsc1C(O)CCC1CCC(F)(F)CC1. The molecule has 1 heterocycles. The topological polar surface area (TPSA) is 20.2 Å². The molecule has 1 aliphatic rings. The Bertz CT molecular complexity index is 379. The highest BCUT2D eigenvalue weighted by Crippen LogP contribution is 2.39. The molecule has 0 spiro atoms. The zero-order valence-corrected chi connectivity index (χ0v) is 11.5. The molecule has 0 aromatic carbocycles. The van der Waals surface area contributed by atoms with Gasteiger partial charge in [-0.1, -0.05) is 0 Å². The number of aryl methyl sites for hydroxylation is 1. The van der Waals surface area contributed by atoms with E-state index >= 15 is 0 Å². The summed E-state index contributed by atoms with van der Waals surface area (Å²) in [6, 6.07) is 2.00. The number of rotatable bonds is 4. The minimum atomic E-state index is -2.44. The van der Waals surface area contributed by atoms with Crippen LogP contribution in [0.4, 0.5) is 8.78 Å². The first-order valence-electron chi connectivity index (χ1n) is 6.58. The highest BCUT2D eigenvalue weighted by Gasteiger charge is 2.34. The third kappa shape index (κ3) is 3.51. The zero-order valence-electron chi connectivity index (χ0n) is 10.7. The fourth-order valence-corrected chi connectivity index (χ4v) is 3.59. The first kappa shape index (κ1) is 13.9. The fraction of sp³-hybridized carbons (Fsp3) is 0.714. The van der Waals surface area contributed by atoms with Crippen molar-refractivity contribution in [3.05, 3.63) is 21.9 Å². The molecule has 0 radical (unpaired) electrons. The maximum atomic E-state index is 13.0. The van der Waals surface area contributed by atoms with Crippen molar-refractivity contribution < 1.29 is 13.9 Å². The molecular weight excluding hydrogens is 254 g/mol. The van der Waals surface area contributed by atoms with E-state index in [0.717, 1.165) is 16.9 Å². The highest BCUT2D eigenvalue weighted by atomic mass is 32.1. The van der Waals surface area contributed by atoms with Gasteiger partial charge in [0, 0.05) is 17.7 Å². The molecule has 1 atom stereocenters. The number of hydrogen-bond acceptors (Lipinski definition) is 2. The largest absolute Gasteiger partial charge is 0.388 e. The van der Waals surface area contributed by atoms with Crippen LogP contribution in [0.5, 0.6) is 0 Å². The van der Waals surface area contributed by atoms with Crippen molar-refractivity contribution in [3.63, 3.8) is 0 Å². The molecule has 0 amide bonds. The third-order valence-electron chi connectivity index (χ3n) is 3.89. The summed E-state index contributed by atoms with van der Waals surface area (Å²) >= 11 is 1.57. The molecule has 1 fully saturated rings. The standard InChI is InChI=1S/C14H20F2OS/c1-10-6-9-18-13(10)12(17)3-2-11-4-7-14(15,16)8-5-11/h6,9,11-12,17H,2-5,7-8H2,1H3. The first-order chi connectivity index (χ1) is 8.48. The lowest BCUT2D eigenvalue weighted by molar-refractivity contribution is -0.0475. The van der Waals surface area contributed by atoms with Crippen molar-refractivity contribution in [1.82, 2.24) is 0 Å². The van der Waals surface area contributed by atoms with E-state index in [2.05, 4.69) is 0 Å². The Morgan fingerprint density at radius 3 is 2.67 bits per heavy atom. The van der Waals surface area contributed by atoms with Gasteiger partial charge in [-0.3, -0.25) is 0 Å². The van der Waals surface area contributed by atoms with Gasteiger partial charge in [0.1, 0.15) is 0 Å². The van der Waals surface area contributed by atoms with Crippen LogP contribution in [-0.4, -0.2) is 11.0 Å². The smallest absolute Gasteiger partial charge is 0.248 e. The molecule has 18 heavy (non-hydrogen) atoms. The molecule has 0 bridgehead atoms. The second-order valence-electron chi connectivity index (χ2n) is 5.36. The van der Waals surface area contributed by atoms with Gasteiger partial charge in [0.15, 0.2) is 0 Å². The first-order valence-corrected chi connectivity index (χ1v) is 7.46. The molecule has 2 rings (SSSR count). The summed E-state index contributed by atoms with van der Waals surface area (Å²) in [5.74, 6) is -2.08. The van der Waals surface area contributed by atoms with Crippen molar-refractivity contribution >= 4 is 11.3 Å². The number of thiophene rings is 1. The quantitative estimate of drug-likeness (QED) is 0.844. The summed E-state index contributed by atoms with van der Waals surface area (Å²) in [5, 5.41) is 12.1. The summed E-state index contributed by atoms with van der Waals surface area (Å²) in [6.07, 6.45) is 2.36. The van der Waals surface area contributed by atoms with Gasteiger partial charge in [0.25, 0.3) is 0 Å². The van der Waals surface area contributed by atoms with Gasteiger partial charge in [-0.15, -0.1) is 11.3 Å². The molecule has 1 N–H and O–H groups in total. The Morgan fingerprint density at radius 1 is 1.44 bits per heavy atom. The Morgan fingerprint density at radius 2 is 2.11 bits per heavy atom. The second kappa shape index (κ2) is 5.66. The summed E-state index contributed by atoms with van der Waals surface area (Å²) < 4.78 is 26.0. The molecule has 4 heteroatoms. The lowest BCUT2D eigenvalue weighted by Gasteiger charge is -2.28. The average molecular weight is 274 g/mol. The Labute approximate surface area is 111 Å². The molecule has 0 saturated heterocycles. The minimum absolute atomic E-state index is 0.0196. The molecule has 102 valence electrons. The number of hydrogen-bond donors (Lipinski definition) is 1. The predicted octanol–water partition coefficient (Wildman–Crippen LogP) is 4.70. The number of aliphatic hydroxyl groups excluding tert-OH is 1. The lowest BCUT2D eigenvalue weighted by Crippen LogP contribution is -2.24. The molecule has 1 nitrogen and oxygen atoms in total. The van der Waals surface area contributed by atoms with Crippen LogP contribution < -0.4 is 0 Å². The summed E-state index contributed by atoms with van der Waals surface area (Å²) in [7, 11) is 0. The summed E-state index contributed by atoms with van der Waals surface area (Å²) in [5.41, 5.74) is 1.13. The Kier molecular flexibility index (Phi) is 4.38. The Hall–Kier alpha value is -0.480. The second-order valence-corrected chi connectivity index (χ2v) is 6.31. The summed E-state index contributed by atoms with van der Waals surface area (Å²) in [4.78, 5) is 1.02. The van der Waals surface area contributed by atoms with Crippen molar-refractivity contribution in [3.8, 4) is 0 Å². The van der Waals surface area contributed by atoms with Gasteiger partial charge in [-0.25, -0.2) is 8.78 Å². The van der Waals surface area contributed by atoms with E-state index in [9.17, 15) is 13.9 Å². The van der Waals surface area contributed by atoms with E-state index in [1.807, 2.05) is 18.4 Å². The van der Waals surface area contributed by atoms with Crippen LogP contribution in [0, 0.1) is 12.8 Å². The summed E-state index contributed by atoms with van der Waals surface area (Å²) in [6.45, 7) is 2.00. The predicted molar refractivity (Wildman–Crippen MR) is 70.2 cm³/mol. The molecular formula is C14H20F2OS. The van der Waals surface area contributed by atoms with Crippen molar-refractivity contribution in [2.75, 3.05) is 0 Å². The van der Waals surface area contributed by atoms with Crippen LogP contribution in [0.1, 0.15) is 55.1 Å². The monoisotopic (exact) mass is 274 g/mol. The van der Waals surface area contributed by atoms with Gasteiger partial charge in [-0.05, 0) is 55.5 Å². The van der Waals surface area contributed by atoms with Gasteiger partial charge >= 0.3 is 0 Å². The van der Waals surface area contributed by atoms with Crippen molar-refractivity contribution in [2.24, 2.45) is 5.92 Å². The van der Waals surface area contributed by atoms with Crippen LogP contribution in [0.25, 0.3) is 0 Å². The molecule has 1 aromatic heterocycles. The van der Waals surface area contributed by atoms with Crippen molar-refractivity contribution in [1.29, 1.82) is 0 Å². The van der Waals surface area contributed by atoms with Gasteiger partial charge in [-0.2, -0.15) is 0 Å². The molecule has 1 aliphatic carbocycles. The van der Waals surface area contributed by atoms with Crippen LogP contribution in [0.3, 0.4) is 0 Å². The van der Waals surface area contributed by atoms with Crippen molar-refractivity contribution in [2.45, 2.75) is 57.5 Å². The normalized spacial score (nSPS) is 22.0. The molecule has 0 aliphatic heterocycles. The van der Waals surface area contributed by atoms with E-state index < -0.39 is 12.0 Å². The highest BCUT2D eigenvalue weighted by molar-refractivity contribution is 7.10. The van der Waals surface area contributed by atoms with E-state index in [4.69, 9.17) is 0 Å². The minimum Gasteiger partial charge on any atom is -0.388 e. The lowest BCUT2D eigenvalue weighted by atomic mass is 9.83. The van der Waals surface area contributed by atoms with E-state index in [1.54, 1.807) is 11.3 Å². The number of halogens is 2. The molecule has 1 aromatic rings. The molecule has 1 saturated carbocycles. The third-order valence-corrected chi connectivity index (χ3v) is 5.01. The number of alkyl halides is 2. The number of aliphatic hydroxyl groups is 1. The van der Waals surface area contributed by atoms with Gasteiger partial charge in [0.05, 0.1) is 6.10 Å². The maximum Gasteiger partial charge on any atom is 0.248 e. The van der Waals surface area contributed by atoms with Crippen LogP contribution in [-0.2, 0) is 0 Å². The van der Waals surface area contributed by atoms with Gasteiger partial charge < -0.3 is 5.11 Å². The van der Waals surface area contributed by atoms with E-state index in [-0.39, 0.29) is 12.8 Å². The Balaban J connectivity index is 1.77. The average Bonchev–Trinajstić information content (AvgIpc) is 2.74. The van der Waals surface area contributed by atoms with Gasteiger partial charge in [0.2, 0.25) is 5.92 Å². The zero-order chi connectivity index (χ0) is 13.2. The van der Waals surface area contributed by atoms with E-state index in [1.165, 1.54) is 0 Å². The maximum absolute atomic E-state index is 13.0. The van der Waals surface area contributed by atoms with Crippen LogP contribution in [0.15, 0.2) is 11.4 Å². The van der Waals surface area contributed by atoms with Crippen LogP contribution in [0.2, 0.25) is 0 Å². The van der Waals surface area contributed by atoms with Crippen LogP contribution >= 0.6 is 11.3 Å². The van der Waals surface area contributed by atoms with E-state index in [0.29, 0.717) is 25.2 Å².